The summed E-state index contributed by atoms with van der Waals surface area (Å²) in [6, 6.07) is 11.5. The molecular weight excluding hydrogens is 334 g/mol. The van der Waals surface area contributed by atoms with Crippen molar-refractivity contribution in [1.29, 1.82) is 0 Å². The summed E-state index contributed by atoms with van der Waals surface area (Å²) in [7, 11) is 0. The monoisotopic (exact) mass is 349 g/mol. The van der Waals surface area contributed by atoms with Crippen LogP contribution in [0.2, 0.25) is 0 Å². The predicted molar refractivity (Wildman–Crippen MR) is 94.9 cm³/mol. The Kier molecular flexibility index (Phi) is 3.92. The first-order chi connectivity index (χ1) is 12.6. The molecule has 0 aliphatic carbocycles. The van der Waals surface area contributed by atoms with Crippen molar-refractivity contribution in [2.24, 2.45) is 0 Å². The molecule has 0 atom stereocenters. The summed E-state index contributed by atoms with van der Waals surface area (Å²) in [5.41, 5.74) is 2.85. The standard InChI is InChI=1S/C18H15N5O3/c24-15(25)7-4-9-22-10-8-14-16(18(22)26)20-21-17-13(11-19-23(14)17)12-5-2-1-3-6-12/h1-3,5-6,8,10-11H,4,7,9H2,(H,24,25). The fourth-order valence-corrected chi connectivity index (χ4v) is 2.93. The molecule has 0 bridgehead atoms. The number of carboxylic acids is 1. The van der Waals surface area contributed by atoms with E-state index in [0.717, 1.165) is 11.1 Å². The van der Waals surface area contributed by atoms with E-state index in [9.17, 15) is 9.59 Å². The lowest BCUT2D eigenvalue weighted by Gasteiger charge is -2.06. The van der Waals surface area contributed by atoms with Crippen LogP contribution in [-0.2, 0) is 11.3 Å². The zero-order valence-electron chi connectivity index (χ0n) is 13.7. The maximum atomic E-state index is 12.6. The number of pyridine rings is 1. The largest absolute Gasteiger partial charge is 0.481 e. The lowest BCUT2D eigenvalue weighted by Crippen LogP contribution is -2.22. The molecule has 4 aromatic rings. The highest BCUT2D eigenvalue weighted by atomic mass is 16.4. The van der Waals surface area contributed by atoms with Gasteiger partial charge in [0.15, 0.2) is 11.2 Å². The molecule has 1 N–H and O–H groups in total. The van der Waals surface area contributed by atoms with Crippen LogP contribution in [0.1, 0.15) is 12.8 Å². The number of hydrogen-bond donors (Lipinski definition) is 1. The van der Waals surface area contributed by atoms with Crippen LogP contribution in [-0.4, -0.2) is 35.5 Å². The number of fused-ring (bicyclic) bond motifs is 3. The van der Waals surface area contributed by atoms with E-state index in [1.54, 1.807) is 23.0 Å². The first-order valence-corrected chi connectivity index (χ1v) is 8.16. The number of aromatic nitrogens is 5. The quantitative estimate of drug-likeness (QED) is 0.591. The fraction of sp³-hybridized carbons (Fsp3) is 0.167. The van der Waals surface area contributed by atoms with Gasteiger partial charge in [-0.3, -0.25) is 9.59 Å². The van der Waals surface area contributed by atoms with Crippen molar-refractivity contribution in [2.45, 2.75) is 19.4 Å². The summed E-state index contributed by atoms with van der Waals surface area (Å²) in [6.45, 7) is 0.315. The molecule has 3 heterocycles. The molecule has 0 aliphatic rings. The number of nitrogens with zero attached hydrogens (tertiary/aromatic N) is 5. The van der Waals surface area contributed by atoms with Gasteiger partial charge in [0.2, 0.25) is 0 Å². The summed E-state index contributed by atoms with van der Waals surface area (Å²) in [4.78, 5) is 23.2. The van der Waals surface area contributed by atoms with Crippen LogP contribution in [0.15, 0.2) is 53.6 Å². The third-order valence-corrected chi connectivity index (χ3v) is 4.21. The highest BCUT2D eigenvalue weighted by molar-refractivity contribution is 5.82. The van der Waals surface area contributed by atoms with Crippen LogP contribution < -0.4 is 5.56 Å². The van der Waals surface area contributed by atoms with Gasteiger partial charge < -0.3 is 9.67 Å². The van der Waals surface area contributed by atoms with Crippen LogP contribution >= 0.6 is 0 Å². The minimum absolute atomic E-state index is 0.00871. The second kappa shape index (κ2) is 6.40. The van der Waals surface area contributed by atoms with E-state index in [1.165, 1.54) is 4.57 Å². The molecule has 0 radical (unpaired) electrons. The van der Waals surface area contributed by atoms with Crippen LogP contribution in [0.4, 0.5) is 0 Å². The van der Waals surface area contributed by atoms with Gasteiger partial charge in [-0.2, -0.15) is 5.10 Å². The molecular formula is C18H15N5O3. The van der Waals surface area contributed by atoms with Crippen molar-refractivity contribution in [1.82, 2.24) is 24.4 Å². The van der Waals surface area contributed by atoms with Gasteiger partial charge in [0.05, 0.1) is 6.20 Å². The number of carboxylic acid groups (broad SMARTS) is 1. The number of aryl methyl sites for hydroxylation is 1. The summed E-state index contributed by atoms with van der Waals surface area (Å²) in [5.74, 6) is -0.884. The van der Waals surface area contributed by atoms with Crippen molar-refractivity contribution in [3.63, 3.8) is 0 Å². The predicted octanol–water partition coefficient (Wildman–Crippen LogP) is 1.97. The van der Waals surface area contributed by atoms with Crippen LogP contribution in [0, 0.1) is 0 Å². The molecule has 3 aromatic heterocycles. The Balaban J connectivity index is 1.80. The van der Waals surface area contributed by atoms with Gasteiger partial charge in [0, 0.05) is 24.7 Å². The average molecular weight is 349 g/mol. The van der Waals surface area contributed by atoms with Gasteiger partial charge in [-0.1, -0.05) is 30.3 Å². The van der Waals surface area contributed by atoms with Gasteiger partial charge >= 0.3 is 5.97 Å². The number of rotatable bonds is 5. The van der Waals surface area contributed by atoms with Crippen LogP contribution in [0.5, 0.6) is 0 Å². The third-order valence-electron chi connectivity index (χ3n) is 4.21. The molecule has 0 unspecified atom stereocenters. The zero-order chi connectivity index (χ0) is 18.1. The van der Waals surface area contributed by atoms with Crippen molar-refractivity contribution < 1.29 is 9.90 Å². The first-order valence-electron chi connectivity index (χ1n) is 8.16. The Bertz CT molecular complexity index is 1160. The number of carbonyl (C=O) groups is 1. The van der Waals surface area contributed by atoms with Crippen molar-refractivity contribution in [3.05, 3.63) is 59.1 Å². The normalized spacial score (nSPS) is 11.2. The highest BCUT2D eigenvalue weighted by Crippen LogP contribution is 2.23. The maximum absolute atomic E-state index is 12.6. The summed E-state index contributed by atoms with van der Waals surface area (Å²) in [5, 5.41) is 21.4. The van der Waals surface area contributed by atoms with Crippen molar-refractivity contribution >= 4 is 22.6 Å². The Morgan fingerprint density at radius 3 is 2.69 bits per heavy atom. The molecule has 0 saturated heterocycles. The molecule has 8 heteroatoms. The van der Waals surface area contributed by atoms with Gasteiger partial charge in [0.25, 0.3) is 5.56 Å². The third kappa shape index (κ3) is 2.71. The molecule has 130 valence electrons. The van der Waals surface area contributed by atoms with Crippen LogP contribution in [0.25, 0.3) is 27.8 Å². The van der Waals surface area contributed by atoms with E-state index in [2.05, 4.69) is 15.3 Å². The SMILES string of the molecule is O=C(O)CCCn1ccc2c(nnc3c(-c4ccccc4)cnn32)c1=O. The molecule has 1 aromatic carbocycles. The smallest absolute Gasteiger partial charge is 0.303 e. The minimum Gasteiger partial charge on any atom is -0.481 e. The van der Waals surface area contributed by atoms with E-state index in [4.69, 9.17) is 5.11 Å². The fourth-order valence-electron chi connectivity index (χ4n) is 2.93. The summed E-state index contributed by atoms with van der Waals surface area (Å²) in [6.07, 6.45) is 3.72. The number of benzene rings is 1. The molecule has 0 aliphatic heterocycles. The summed E-state index contributed by atoms with van der Waals surface area (Å²) >= 11 is 0. The Labute approximate surface area is 147 Å². The van der Waals surface area contributed by atoms with Crippen molar-refractivity contribution in [2.75, 3.05) is 0 Å². The molecule has 8 nitrogen and oxygen atoms in total. The van der Waals surface area contributed by atoms with E-state index >= 15 is 0 Å². The van der Waals surface area contributed by atoms with Crippen LogP contribution in [0.3, 0.4) is 0 Å². The maximum Gasteiger partial charge on any atom is 0.303 e. The topological polar surface area (TPSA) is 102 Å². The zero-order valence-corrected chi connectivity index (χ0v) is 13.7. The highest BCUT2D eigenvalue weighted by Gasteiger charge is 2.14. The van der Waals surface area contributed by atoms with E-state index in [0.29, 0.717) is 24.1 Å². The Hall–Kier alpha value is -3.55. The Morgan fingerprint density at radius 2 is 1.92 bits per heavy atom. The second-order valence-electron chi connectivity index (χ2n) is 5.91. The lowest BCUT2D eigenvalue weighted by atomic mass is 10.1. The van der Waals surface area contributed by atoms with E-state index in [1.807, 2.05) is 30.3 Å². The van der Waals surface area contributed by atoms with Crippen molar-refractivity contribution in [3.8, 4) is 11.1 Å². The molecule has 0 saturated carbocycles. The molecule has 26 heavy (non-hydrogen) atoms. The lowest BCUT2D eigenvalue weighted by molar-refractivity contribution is -0.137. The molecule has 0 amide bonds. The number of hydrogen-bond acceptors (Lipinski definition) is 5. The second-order valence-corrected chi connectivity index (χ2v) is 5.91. The molecule has 0 fully saturated rings. The Morgan fingerprint density at radius 1 is 1.12 bits per heavy atom. The molecule has 0 spiro atoms. The van der Waals surface area contributed by atoms with Gasteiger partial charge in [-0.25, -0.2) is 4.52 Å². The van der Waals surface area contributed by atoms with Gasteiger partial charge in [0.1, 0.15) is 5.52 Å². The van der Waals surface area contributed by atoms with Gasteiger partial charge in [-0.05, 0) is 18.1 Å². The first kappa shape index (κ1) is 15.9. The summed E-state index contributed by atoms with van der Waals surface area (Å²) < 4.78 is 3.06. The number of aliphatic carboxylic acids is 1. The average Bonchev–Trinajstić information content (AvgIpc) is 3.08. The van der Waals surface area contributed by atoms with Gasteiger partial charge in [-0.15, -0.1) is 10.2 Å². The van der Waals surface area contributed by atoms with E-state index < -0.39 is 5.97 Å². The van der Waals surface area contributed by atoms with E-state index in [-0.39, 0.29) is 17.5 Å². The minimum atomic E-state index is -0.884. The molecule has 4 rings (SSSR count).